The molecule has 2 N–H and O–H groups in total. The largest absolute Gasteiger partial charge is 0.493 e. The number of aliphatic imine (C=N–C) groups is 1. The zero-order valence-corrected chi connectivity index (χ0v) is 18.9. The minimum absolute atomic E-state index is 0.159. The number of fused-ring (bicyclic) bond motifs is 1. The van der Waals surface area contributed by atoms with Gasteiger partial charge in [-0.25, -0.2) is 9.79 Å². The summed E-state index contributed by atoms with van der Waals surface area (Å²) in [6.45, 7) is -0.143. The minimum Gasteiger partial charge on any atom is -0.493 e. The van der Waals surface area contributed by atoms with Gasteiger partial charge in [-0.3, -0.25) is 4.79 Å². The highest BCUT2D eigenvalue weighted by Crippen LogP contribution is 2.40. The lowest BCUT2D eigenvalue weighted by Gasteiger charge is -2.12. The third kappa shape index (κ3) is 5.43. The zero-order valence-electron chi connectivity index (χ0n) is 18.1. The van der Waals surface area contributed by atoms with E-state index < -0.39 is 12.6 Å². The lowest BCUT2D eigenvalue weighted by atomic mass is 9.95. The number of amides is 1. The average molecular weight is 469 g/mol. The van der Waals surface area contributed by atoms with Crippen molar-refractivity contribution in [2.75, 3.05) is 13.7 Å². The molecule has 9 heteroatoms. The molecule has 172 valence electrons. The Balaban J connectivity index is 1.57. The zero-order chi connectivity index (χ0) is 23.2. The number of ether oxygens (including phenoxy) is 2. The summed E-state index contributed by atoms with van der Waals surface area (Å²) in [4.78, 5) is 29.7. The van der Waals surface area contributed by atoms with Crippen molar-refractivity contribution in [2.24, 2.45) is 4.99 Å². The fourth-order valence-electron chi connectivity index (χ4n) is 3.70. The van der Waals surface area contributed by atoms with E-state index in [4.69, 9.17) is 19.0 Å². The first kappa shape index (κ1) is 22.6. The molecule has 2 aromatic heterocycles. The Morgan fingerprint density at radius 3 is 2.85 bits per heavy atom. The molecule has 0 bridgehead atoms. The Kier molecular flexibility index (Phi) is 7.09. The number of carbonyl (C=O) groups excluding carboxylic acids is 1. The van der Waals surface area contributed by atoms with Crippen LogP contribution in [0.1, 0.15) is 45.0 Å². The van der Waals surface area contributed by atoms with Crippen molar-refractivity contribution >= 4 is 34.4 Å². The van der Waals surface area contributed by atoms with Crippen molar-refractivity contribution in [3.8, 4) is 11.5 Å². The molecular weight excluding hydrogens is 444 g/mol. The molecule has 1 amide bonds. The SMILES string of the molecule is COc1cc(C=Nc2sc3c(c2C(=O)NCc2ccco2)CCCC3)ccc1OCC(=O)O. The normalized spacial score (nSPS) is 13.0. The number of nitrogens with zero attached hydrogens (tertiary/aromatic N) is 1. The van der Waals surface area contributed by atoms with Gasteiger partial charge in [-0.2, -0.15) is 0 Å². The quantitative estimate of drug-likeness (QED) is 0.451. The molecule has 4 rings (SSSR count). The van der Waals surface area contributed by atoms with Crippen LogP contribution in [0.2, 0.25) is 0 Å². The second kappa shape index (κ2) is 10.4. The summed E-state index contributed by atoms with van der Waals surface area (Å²) in [6, 6.07) is 8.72. The molecule has 1 aliphatic rings. The van der Waals surface area contributed by atoms with E-state index in [2.05, 4.69) is 10.3 Å². The molecule has 0 radical (unpaired) electrons. The van der Waals surface area contributed by atoms with Crippen LogP contribution in [0.4, 0.5) is 5.00 Å². The van der Waals surface area contributed by atoms with Crippen molar-refractivity contribution in [3.63, 3.8) is 0 Å². The number of carboxylic acid groups (broad SMARTS) is 1. The highest BCUT2D eigenvalue weighted by molar-refractivity contribution is 7.16. The first-order valence-corrected chi connectivity index (χ1v) is 11.4. The van der Waals surface area contributed by atoms with E-state index in [0.29, 0.717) is 34.4 Å². The summed E-state index contributed by atoms with van der Waals surface area (Å²) in [6.07, 6.45) is 7.24. The van der Waals surface area contributed by atoms with Crippen LogP contribution in [-0.4, -0.2) is 36.9 Å². The summed E-state index contributed by atoms with van der Waals surface area (Å²) < 4.78 is 15.9. The van der Waals surface area contributed by atoms with E-state index in [1.54, 1.807) is 48.1 Å². The number of hydrogen-bond donors (Lipinski definition) is 2. The predicted octanol–water partition coefficient (Wildman–Crippen LogP) is 4.37. The van der Waals surface area contributed by atoms with E-state index in [0.717, 1.165) is 36.8 Å². The van der Waals surface area contributed by atoms with Crippen LogP contribution < -0.4 is 14.8 Å². The van der Waals surface area contributed by atoms with Crippen LogP contribution >= 0.6 is 11.3 Å². The maximum absolute atomic E-state index is 13.1. The molecular formula is C24H24N2O6S. The van der Waals surface area contributed by atoms with Crippen LogP contribution in [0.25, 0.3) is 0 Å². The summed E-state index contributed by atoms with van der Waals surface area (Å²) >= 11 is 1.55. The Bertz CT molecular complexity index is 1170. The summed E-state index contributed by atoms with van der Waals surface area (Å²) in [5.74, 6) is 0.202. The van der Waals surface area contributed by atoms with Gasteiger partial charge < -0.3 is 24.3 Å². The first-order valence-electron chi connectivity index (χ1n) is 10.6. The van der Waals surface area contributed by atoms with Gasteiger partial charge in [0, 0.05) is 11.1 Å². The molecule has 1 aliphatic carbocycles. The second-order valence-electron chi connectivity index (χ2n) is 7.50. The number of furan rings is 1. The van der Waals surface area contributed by atoms with Gasteiger partial charge in [0.05, 0.1) is 25.5 Å². The molecule has 33 heavy (non-hydrogen) atoms. The highest BCUT2D eigenvalue weighted by atomic mass is 32.1. The van der Waals surface area contributed by atoms with Gasteiger partial charge in [0.1, 0.15) is 10.8 Å². The topological polar surface area (TPSA) is 110 Å². The standard InChI is InChI=1S/C24H24N2O6S/c1-30-19-11-15(8-9-18(19)32-14-21(27)28)12-26-24-22(17-6-2-3-7-20(17)33-24)23(29)25-13-16-5-4-10-31-16/h4-5,8-12H,2-3,6-7,13-14H2,1H3,(H,25,29)(H,27,28). The van der Waals surface area contributed by atoms with Crippen molar-refractivity contribution in [1.82, 2.24) is 5.32 Å². The van der Waals surface area contributed by atoms with E-state index in [-0.39, 0.29) is 5.91 Å². The number of benzene rings is 1. The number of carboxylic acids is 1. The van der Waals surface area contributed by atoms with Gasteiger partial charge in [0.25, 0.3) is 5.91 Å². The van der Waals surface area contributed by atoms with Gasteiger partial charge in [0.2, 0.25) is 0 Å². The predicted molar refractivity (Wildman–Crippen MR) is 124 cm³/mol. The van der Waals surface area contributed by atoms with E-state index in [1.807, 2.05) is 6.07 Å². The fourth-order valence-corrected chi connectivity index (χ4v) is 4.93. The second-order valence-corrected chi connectivity index (χ2v) is 8.59. The van der Waals surface area contributed by atoms with Crippen LogP contribution in [0, 0.1) is 0 Å². The third-order valence-electron chi connectivity index (χ3n) is 5.25. The van der Waals surface area contributed by atoms with Gasteiger partial charge in [0.15, 0.2) is 18.1 Å². The van der Waals surface area contributed by atoms with Crippen LogP contribution in [-0.2, 0) is 24.2 Å². The number of thiophene rings is 1. The maximum atomic E-state index is 13.1. The lowest BCUT2D eigenvalue weighted by molar-refractivity contribution is -0.139. The molecule has 2 heterocycles. The van der Waals surface area contributed by atoms with Gasteiger partial charge in [-0.05, 0) is 67.1 Å². The molecule has 0 saturated carbocycles. The molecule has 0 unspecified atom stereocenters. The van der Waals surface area contributed by atoms with Gasteiger partial charge in [-0.1, -0.05) is 0 Å². The Hall–Kier alpha value is -3.59. The summed E-state index contributed by atoms with van der Waals surface area (Å²) in [5.41, 5.74) is 2.46. The molecule has 3 aromatic rings. The molecule has 0 saturated heterocycles. The van der Waals surface area contributed by atoms with Crippen molar-refractivity contribution < 1.29 is 28.6 Å². The minimum atomic E-state index is -1.07. The maximum Gasteiger partial charge on any atom is 0.341 e. The van der Waals surface area contributed by atoms with Crippen LogP contribution in [0.5, 0.6) is 11.5 Å². The molecule has 0 aliphatic heterocycles. The highest BCUT2D eigenvalue weighted by Gasteiger charge is 2.25. The Morgan fingerprint density at radius 2 is 2.09 bits per heavy atom. The van der Waals surface area contributed by atoms with Crippen molar-refractivity contribution in [2.45, 2.75) is 32.2 Å². The average Bonchev–Trinajstić information content (AvgIpc) is 3.47. The summed E-state index contributed by atoms with van der Waals surface area (Å²) in [5, 5.41) is 12.4. The number of carbonyl (C=O) groups is 2. The summed E-state index contributed by atoms with van der Waals surface area (Å²) in [7, 11) is 1.48. The number of rotatable bonds is 9. The smallest absolute Gasteiger partial charge is 0.341 e. The molecule has 0 fully saturated rings. The number of hydrogen-bond acceptors (Lipinski definition) is 7. The third-order valence-corrected chi connectivity index (χ3v) is 6.45. The van der Waals surface area contributed by atoms with Crippen molar-refractivity contribution in [1.29, 1.82) is 0 Å². The fraction of sp³-hybridized carbons (Fsp3) is 0.292. The van der Waals surface area contributed by atoms with Crippen LogP contribution in [0.3, 0.4) is 0 Å². The number of aryl methyl sites for hydroxylation is 1. The Morgan fingerprint density at radius 1 is 1.24 bits per heavy atom. The van der Waals surface area contributed by atoms with Crippen LogP contribution in [0.15, 0.2) is 46.0 Å². The molecule has 0 spiro atoms. The van der Waals surface area contributed by atoms with Crippen molar-refractivity contribution in [3.05, 3.63) is 63.9 Å². The van der Waals surface area contributed by atoms with E-state index in [9.17, 15) is 9.59 Å². The van der Waals surface area contributed by atoms with E-state index >= 15 is 0 Å². The lowest BCUT2D eigenvalue weighted by Crippen LogP contribution is -2.23. The number of nitrogens with one attached hydrogen (secondary N) is 1. The molecule has 1 aromatic carbocycles. The first-order chi connectivity index (χ1) is 16.0. The molecule has 0 atom stereocenters. The number of methoxy groups -OCH3 is 1. The number of aliphatic carboxylic acids is 1. The van der Waals surface area contributed by atoms with E-state index in [1.165, 1.54) is 12.0 Å². The Labute approximate surface area is 194 Å². The monoisotopic (exact) mass is 468 g/mol. The van der Waals surface area contributed by atoms with Gasteiger partial charge >= 0.3 is 5.97 Å². The van der Waals surface area contributed by atoms with Gasteiger partial charge in [-0.15, -0.1) is 11.3 Å². The molecule has 8 nitrogen and oxygen atoms in total.